The highest BCUT2D eigenvalue weighted by Gasteiger charge is 2.13. The summed E-state index contributed by atoms with van der Waals surface area (Å²) in [6.45, 7) is 2.98. The smallest absolute Gasteiger partial charge is 0.325 e. The second-order valence-electron chi connectivity index (χ2n) is 3.31. The second kappa shape index (κ2) is 4.59. The minimum atomic E-state index is -0.951. The molecule has 0 saturated carbocycles. The van der Waals surface area contributed by atoms with E-state index in [1.807, 2.05) is 0 Å². The number of carbonyl (C=O) groups excluding carboxylic acids is 1. The Balaban J connectivity index is 2.94. The average molecular weight is 207 g/mol. The van der Waals surface area contributed by atoms with E-state index in [2.05, 4.69) is 5.32 Å². The van der Waals surface area contributed by atoms with Gasteiger partial charge in [-0.2, -0.15) is 0 Å². The number of rotatable bonds is 4. The predicted octanol–water partition coefficient (Wildman–Crippen LogP) is 1.77. The van der Waals surface area contributed by atoms with Crippen molar-refractivity contribution >= 4 is 17.4 Å². The molecule has 1 atom stereocenters. The van der Waals surface area contributed by atoms with Gasteiger partial charge >= 0.3 is 5.97 Å². The molecule has 0 aliphatic carbocycles. The Labute approximate surface area is 87.9 Å². The standard InChI is InChI=1S/C11H13NO3/c1-7(11(14)15)12-10-6-4-3-5-9(10)8(2)13/h3-7,12H,1-2H3,(H,14,15). The Kier molecular flexibility index (Phi) is 3.44. The molecule has 0 saturated heterocycles. The van der Waals surface area contributed by atoms with Crippen molar-refractivity contribution in [3.05, 3.63) is 29.8 Å². The van der Waals surface area contributed by atoms with Gasteiger partial charge in [-0.15, -0.1) is 0 Å². The Morgan fingerprint density at radius 2 is 1.93 bits per heavy atom. The quantitative estimate of drug-likeness (QED) is 0.738. The lowest BCUT2D eigenvalue weighted by Gasteiger charge is -2.13. The van der Waals surface area contributed by atoms with Gasteiger partial charge in [0.2, 0.25) is 0 Å². The van der Waals surface area contributed by atoms with Crippen LogP contribution in [-0.2, 0) is 4.79 Å². The van der Waals surface area contributed by atoms with Crippen LogP contribution in [0.2, 0.25) is 0 Å². The first kappa shape index (κ1) is 11.2. The molecule has 4 heteroatoms. The third-order valence-electron chi connectivity index (χ3n) is 2.05. The largest absolute Gasteiger partial charge is 0.480 e. The first-order valence-corrected chi connectivity index (χ1v) is 4.61. The van der Waals surface area contributed by atoms with Gasteiger partial charge in [-0.25, -0.2) is 0 Å². The summed E-state index contributed by atoms with van der Waals surface area (Å²) in [6.07, 6.45) is 0. The molecular weight excluding hydrogens is 194 g/mol. The van der Waals surface area contributed by atoms with E-state index in [-0.39, 0.29) is 5.78 Å². The molecule has 0 spiro atoms. The number of hydrogen-bond donors (Lipinski definition) is 2. The number of benzene rings is 1. The monoisotopic (exact) mass is 207 g/mol. The summed E-state index contributed by atoms with van der Waals surface area (Å²) in [5, 5.41) is 11.5. The summed E-state index contributed by atoms with van der Waals surface area (Å²) >= 11 is 0. The zero-order valence-electron chi connectivity index (χ0n) is 8.65. The lowest BCUT2D eigenvalue weighted by Crippen LogP contribution is -2.26. The van der Waals surface area contributed by atoms with E-state index in [4.69, 9.17) is 5.11 Å². The third-order valence-corrected chi connectivity index (χ3v) is 2.05. The lowest BCUT2D eigenvalue weighted by molar-refractivity contribution is -0.137. The van der Waals surface area contributed by atoms with Gasteiger partial charge in [-0.3, -0.25) is 9.59 Å². The molecule has 1 aromatic carbocycles. The summed E-state index contributed by atoms with van der Waals surface area (Å²) in [5.74, 6) is -1.04. The van der Waals surface area contributed by atoms with Crippen molar-refractivity contribution in [1.82, 2.24) is 0 Å². The van der Waals surface area contributed by atoms with Crippen molar-refractivity contribution in [3.8, 4) is 0 Å². The van der Waals surface area contributed by atoms with Crippen LogP contribution >= 0.6 is 0 Å². The van der Waals surface area contributed by atoms with Crippen LogP contribution in [0.5, 0.6) is 0 Å². The normalized spacial score (nSPS) is 11.9. The van der Waals surface area contributed by atoms with Crippen LogP contribution in [0.3, 0.4) is 0 Å². The summed E-state index contributed by atoms with van der Waals surface area (Å²) in [7, 11) is 0. The van der Waals surface area contributed by atoms with Crippen LogP contribution in [0.4, 0.5) is 5.69 Å². The summed E-state index contributed by atoms with van der Waals surface area (Å²) < 4.78 is 0. The van der Waals surface area contributed by atoms with Gasteiger partial charge in [0.05, 0.1) is 0 Å². The van der Waals surface area contributed by atoms with E-state index in [0.29, 0.717) is 11.3 Å². The van der Waals surface area contributed by atoms with Crippen molar-refractivity contribution in [2.45, 2.75) is 19.9 Å². The topological polar surface area (TPSA) is 66.4 Å². The van der Waals surface area contributed by atoms with Gasteiger partial charge in [-0.1, -0.05) is 12.1 Å². The molecule has 80 valence electrons. The number of ketones is 1. The van der Waals surface area contributed by atoms with Crippen LogP contribution in [0, 0.1) is 0 Å². The van der Waals surface area contributed by atoms with Crippen molar-refractivity contribution in [2.75, 3.05) is 5.32 Å². The van der Waals surface area contributed by atoms with Gasteiger partial charge < -0.3 is 10.4 Å². The number of aliphatic carboxylic acids is 1. The van der Waals surface area contributed by atoms with E-state index in [1.165, 1.54) is 13.8 Å². The number of carbonyl (C=O) groups is 2. The molecule has 0 aromatic heterocycles. The number of carboxylic acid groups (broad SMARTS) is 1. The molecule has 0 aliphatic rings. The van der Waals surface area contributed by atoms with Gasteiger partial charge in [0, 0.05) is 11.3 Å². The maximum Gasteiger partial charge on any atom is 0.325 e. The minimum absolute atomic E-state index is 0.0873. The fraction of sp³-hybridized carbons (Fsp3) is 0.273. The maximum absolute atomic E-state index is 11.2. The fourth-order valence-corrected chi connectivity index (χ4v) is 1.21. The molecule has 15 heavy (non-hydrogen) atoms. The van der Waals surface area contributed by atoms with E-state index in [9.17, 15) is 9.59 Å². The molecule has 1 aromatic rings. The van der Waals surface area contributed by atoms with E-state index in [1.54, 1.807) is 24.3 Å². The number of carboxylic acids is 1. The second-order valence-corrected chi connectivity index (χ2v) is 3.31. The molecule has 0 heterocycles. The van der Waals surface area contributed by atoms with Crippen LogP contribution in [0.15, 0.2) is 24.3 Å². The molecule has 0 fully saturated rings. The number of para-hydroxylation sites is 1. The Hall–Kier alpha value is -1.84. The molecule has 1 rings (SSSR count). The van der Waals surface area contributed by atoms with Crippen LogP contribution < -0.4 is 5.32 Å². The van der Waals surface area contributed by atoms with E-state index < -0.39 is 12.0 Å². The van der Waals surface area contributed by atoms with E-state index >= 15 is 0 Å². The first-order chi connectivity index (χ1) is 7.02. The van der Waals surface area contributed by atoms with Gasteiger partial charge in [-0.05, 0) is 26.0 Å². The highest BCUT2D eigenvalue weighted by molar-refractivity contribution is 6.00. The number of anilines is 1. The van der Waals surface area contributed by atoms with Crippen molar-refractivity contribution in [1.29, 1.82) is 0 Å². The lowest BCUT2D eigenvalue weighted by atomic mass is 10.1. The van der Waals surface area contributed by atoms with Crippen LogP contribution in [-0.4, -0.2) is 22.9 Å². The van der Waals surface area contributed by atoms with Crippen LogP contribution in [0.1, 0.15) is 24.2 Å². The maximum atomic E-state index is 11.2. The van der Waals surface area contributed by atoms with Crippen LogP contribution in [0.25, 0.3) is 0 Å². The summed E-state index contributed by atoms with van der Waals surface area (Å²) in [6, 6.07) is 6.14. The van der Waals surface area contributed by atoms with Crippen molar-refractivity contribution < 1.29 is 14.7 Å². The van der Waals surface area contributed by atoms with Gasteiger partial charge in [0.15, 0.2) is 5.78 Å². The number of hydrogen-bond acceptors (Lipinski definition) is 3. The number of nitrogens with one attached hydrogen (secondary N) is 1. The fourth-order valence-electron chi connectivity index (χ4n) is 1.21. The van der Waals surface area contributed by atoms with Crippen molar-refractivity contribution in [3.63, 3.8) is 0 Å². The molecular formula is C11H13NO3. The summed E-state index contributed by atoms with van der Waals surface area (Å²) in [5.41, 5.74) is 1.06. The number of Topliss-reactive ketones (excluding diaryl/α,β-unsaturated/α-hetero) is 1. The van der Waals surface area contributed by atoms with E-state index in [0.717, 1.165) is 0 Å². The first-order valence-electron chi connectivity index (χ1n) is 4.61. The Bertz CT molecular complexity index is 387. The summed E-state index contributed by atoms with van der Waals surface area (Å²) in [4.78, 5) is 21.9. The van der Waals surface area contributed by atoms with Gasteiger partial charge in [0.1, 0.15) is 6.04 Å². The van der Waals surface area contributed by atoms with Gasteiger partial charge in [0.25, 0.3) is 0 Å². The molecule has 4 nitrogen and oxygen atoms in total. The van der Waals surface area contributed by atoms with Crippen molar-refractivity contribution in [2.24, 2.45) is 0 Å². The molecule has 0 amide bonds. The molecule has 0 aliphatic heterocycles. The predicted molar refractivity (Wildman–Crippen MR) is 57.2 cm³/mol. The Morgan fingerprint density at radius 1 is 1.33 bits per heavy atom. The Morgan fingerprint density at radius 3 is 2.47 bits per heavy atom. The zero-order chi connectivity index (χ0) is 11.4. The highest BCUT2D eigenvalue weighted by atomic mass is 16.4. The SMILES string of the molecule is CC(=O)c1ccccc1NC(C)C(=O)O. The minimum Gasteiger partial charge on any atom is -0.480 e. The average Bonchev–Trinajstić information content (AvgIpc) is 2.18. The molecule has 0 radical (unpaired) electrons. The third kappa shape index (κ3) is 2.80. The molecule has 1 unspecified atom stereocenters. The molecule has 0 bridgehead atoms. The molecule has 2 N–H and O–H groups in total. The zero-order valence-corrected chi connectivity index (χ0v) is 8.65. The highest BCUT2D eigenvalue weighted by Crippen LogP contribution is 2.16.